The van der Waals surface area contributed by atoms with E-state index in [0.29, 0.717) is 18.1 Å². The maximum absolute atomic E-state index is 12.4. The molecule has 0 saturated carbocycles. The molecule has 1 saturated heterocycles. The lowest BCUT2D eigenvalue weighted by atomic mass is 9.95. The molecule has 230 valence electrons. The zero-order valence-electron chi connectivity index (χ0n) is 24.8. The van der Waals surface area contributed by atoms with Crippen LogP contribution in [-0.2, 0) is 51.3 Å². The second kappa shape index (κ2) is 14.4. The number of esters is 3. The highest BCUT2D eigenvalue weighted by Gasteiger charge is 2.52. The largest absolute Gasteiger partial charge is 0.486 e. The predicted molar refractivity (Wildman–Crippen MR) is 151 cm³/mol. The fraction of sp³-hybridized carbons (Fsp3) is 0.571. The zero-order chi connectivity index (χ0) is 31.1. The number of carbonyl (C=O) groups excluding carboxylic acids is 4. The molecule has 13 nitrogen and oxygen atoms in total. The zero-order valence-corrected chi connectivity index (χ0v) is 25.6. The van der Waals surface area contributed by atoms with E-state index >= 15 is 0 Å². The molecule has 1 aromatic heterocycles. The van der Waals surface area contributed by atoms with Crippen molar-refractivity contribution in [2.75, 3.05) is 6.61 Å². The molecule has 14 heteroatoms. The number of nitrogens with one attached hydrogen (secondary N) is 1. The van der Waals surface area contributed by atoms with Gasteiger partial charge in [0, 0.05) is 34.2 Å². The molecule has 1 N–H and O–H groups in total. The number of rotatable bonds is 11. The van der Waals surface area contributed by atoms with Gasteiger partial charge in [0.25, 0.3) is 0 Å². The number of aryl methyl sites for hydroxylation is 1. The number of ether oxygens (including phenoxy) is 5. The van der Waals surface area contributed by atoms with Crippen LogP contribution in [0.5, 0.6) is 5.75 Å². The molecule has 1 aromatic carbocycles. The summed E-state index contributed by atoms with van der Waals surface area (Å²) in [5, 5.41) is 7.47. The van der Waals surface area contributed by atoms with Gasteiger partial charge in [-0.05, 0) is 37.2 Å². The lowest BCUT2D eigenvalue weighted by Gasteiger charge is -2.45. The van der Waals surface area contributed by atoms with E-state index in [2.05, 4.69) is 5.32 Å². The molecule has 0 aliphatic carbocycles. The summed E-state index contributed by atoms with van der Waals surface area (Å²) in [6.07, 6.45) is -4.71. The molecule has 1 fully saturated rings. The third-order valence-corrected chi connectivity index (χ3v) is 6.64. The van der Waals surface area contributed by atoms with Gasteiger partial charge >= 0.3 is 17.9 Å². The fourth-order valence-electron chi connectivity index (χ4n) is 4.58. The van der Waals surface area contributed by atoms with Crippen LogP contribution in [0, 0.1) is 17.6 Å². The summed E-state index contributed by atoms with van der Waals surface area (Å²) in [5.41, 5.74) is 1.09. The van der Waals surface area contributed by atoms with Crippen molar-refractivity contribution in [1.82, 2.24) is 19.7 Å². The van der Waals surface area contributed by atoms with E-state index in [1.54, 1.807) is 0 Å². The summed E-state index contributed by atoms with van der Waals surface area (Å²) in [5.74, 6) is -1.14. The van der Waals surface area contributed by atoms with Crippen molar-refractivity contribution in [3.63, 3.8) is 0 Å². The second-order valence-electron chi connectivity index (χ2n) is 10.5. The molecule has 2 heterocycles. The van der Waals surface area contributed by atoms with Crippen molar-refractivity contribution in [1.29, 1.82) is 0 Å². The monoisotopic (exact) mass is 606 g/mol. The minimum absolute atomic E-state index is 0.0737. The van der Waals surface area contributed by atoms with Crippen LogP contribution in [0.15, 0.2) is 24.3 Å². The average molecular weight is 607 g/mol. The van der Waals surface area contributed by atoms with E-state index in [-0.39, 0.29) is 23.9 Å². The summed E-state index contributed by atoms with van der Waals surface area (Å²) in [6, 6.07) is 6.47. The first-order valence-electron chi connectivity index (χ1n) is 13.5. The van der Waals surface area contributed by atoms with E-state index in [0.717, 1.165) is 5.56 Å². The summed E-state index contributed by atoms with van der Waals surface area (Å²) in [4.78, 5) is 48.3. The van der Waals surface area contributed by atoms with Crippen LogP contribution in [-0.4, -0.2) is 69.1 Å². The highest BCUT2D eigenvalue weighted by Crippen LogP contribution is 2.33. The van der Waals surface area contributed by atoms with Gasteiger partial charge in [0.05, 0.1) is 0 Å². The normalized spacial score (nSPS) is 21.9. The number of hydrogen-bond acceptors (Lipinski definition) is 11. The Morgan fingerprint density at radius 2 is 1.62 bits per heavy atom. The van der Waals surface area contributed by atoms with Crippen molar-refractivity contribution >= 4 is 36.0 Å². The van der Waals surface area contributed by atoms with Gasteiger partial charge in [0.15, 0.2) is 29.0 Å². The van der Waals surface area contributed by atoms with Crippen LogP contribution < -0.4 is 10.1 Å². The van der Waals surface area contributed by atoms with Gasteiger partial charge in [-0.2, -0.15) is 5.10 Å². The van der Waals surface area contributed by atoms with Crippen LogP contribution in [0.2, 0.25) is 0 Å². The van der Waals surface area contributed by atoms with Crippen molar-refractivity contribution in [2.45, 2.75) is 92.2 Å². The lowest BCUT2D eigenvalue weighted by Crippen LogP contribution is -2.64. The summed E-state index contributed by atoms with van der Waals surface area (Å²) < 4.78 is 32.1. The minimum atomic E-state index is -1.24. The number of benzene rings is 1. The van der Waals surface area contributed by atoms with Crippen molar-refractivity contribution in [3.8, 4) is 5.75 Å². The number of aromatic nitrogens is 3. The summed E-state index contributed by atoms with van der Waals surface area (Å²) in [6.45, 7) is 11.1. The Balaban J connectivity index is 2.11. The van der Waals surface area contributed by atoms with Crippen LogP contribution in [0.4, 0.5) is 0 Å². The van der Waals surface area contributed by atoms with Crippen LogP contribution in [0.1, 0.15) is 59.2 Å². The number of nitrogens with zero attached hydrogens (tertiary/aromatic N) is 3. The molecule has 1 aliphatic rings. The Labute approximate surface area is 249 Å². The van der Waals surface area contributed by atoms with Crippen molar-refractivity contribution in [2.24, 2.45) is 5.92 Å². The first kappa shape index (κ1) is 32.7. The molecular weight excluding hydrogens is 568 g/mol. The van der Waals surface area contributed by atoms with Gasteiger partial charge in [0.2, 0.25) is 5.91 Å². The Hall–Kier alpha value is -3.78. The number of carbonyl (C=O) groups is 4. The van der Waals surface area contributed by atoms with E-state index in [4.69, 9.17) is 41.0 Å². The average Bonchev–Trinajstić information content (AvgIpc) is 3.18. The highest BCUT2D eigenvalue weighted by molar-refractivity contribution is 7.71. The Morgan fingerprint density at radius 3 is 2.17 bits per heavy atom. The first-order valence-corrected chi connectivity index (χ1v) is 14.0. The van der Waals surface area contributed by atoms with Gasteiger partial charge in [-0.15, -0.1) is 0 Å². The molecule has 0 bridgehead atoms. The molecule has 5 atom stereocenters. The van der Waals surface area contributed by atoms with Gasteiger partial charge in [-0.3, -0.25) is 19.2 Å². The molecule has 2 aromatic rings. The van der Waals surface area contributed by atoms with E-state index < -0.39 is 54.4 Å². The van der Waals surface area contributed by atoms with Crippen molar-refractivity contribution in [3.05, 3.63) is 40.4 Å². The molecule has 1 amide bonds. The molecule has 0 radical (unpaired) electrons. The maximum Gasteiger partial charge on any atom is 0.303 e. The molecular formula is C28H38N4O9S. The predicted octanol–water partition coefficient (Wildman–Crippen LogP) is 2.79. The SMILES string of the molecule is CC(=O)N[C@@H]1[C@@H](OC(C)=O)[C@H](OC(C)=O)[C@@H](COC(C)=O)O[C@H]1n1nc(COc2ccc(C)cc2)n(CC(C)C)c1=S. The lowest BCUT2D eigenvalue weighted by molar-refractivity contribution is -0.239. The van der Waals surface area contributed by atoms with Gasteiger partial charge in [-0.25, -0.2) is 4.68 Å². The molecule has 0 unspecified atom stereocenters. The van der Waals surface area contributed by atoms with E-state index in [1.807, 2.05) is 49.6 Å². The second-order valence-corrected chi connectivity index (χ2v) is 10.9. The van der Waals surface area contributed by atoms with Crippen LogP contribution in [0.25, 0.3) is 0 Å². The Bertz CT molecular complexity index is 1340. The first-order chi connectivity index (χ1) is 19.8. The number of hydrogen-bond donors (Lipinski definition) is 1. The van der Waals surface area contributed by atoms with Crippen molar-refractivity contribution < 1.29 is 42.9 Å². The van der Waals surface area contributed by atoms with Crippen LogP contribution >= 0.6 is 12.2 Å². The maximum atomic E-state index is 12.4. The minimum Gasteiger partial charge on any atom is -0.486 e. The molecule has 42 heavy (non-hydrogen) atoms. The topological polar surface area (TPSA) is 149 Å². The molecule has 0 spiro atoms. The van der Waals surface area contributed by atoms with Gasteiger partial charge in [0.1, 0.15) is 31.1 Å². The third kappa shape index (κ3) is 8.61. The standard InChI is InChI=1S/C28H38N4O9S/c1-15(2)12-31-23(14-38-21-10-8-16(3)9-11-21)30-32(28(31)42)27-24(29-17(4)33)26(40-20(7)36)25(39-19(6)35)22(41-27)13-37-18(5)34/h8-11,15,22,24-27H,12-14H2,1-7H3,(H,29,33)/t22-,24-,25-,26-,27-/m1/s1. The summed E-state index contributed by atoms with van der Waals surface area (Å²) >= 11 is 5.83. The Kier molecular flexibility index (Phi) is 11.2. The number of amides is 1. The molecule has 3 rings (SSSR count). The van der Waals surface area contributed by atoms with E-state index in [9.17, 15) is 19.2 Å². The third-order valence-electron chi connectivity index (χ3n) is 6.23. The van der Waals surface area contributed by atoms with E-state index in [1.165, 1.54) is 32.4 Å². The fourth-order valence-corrected chi connectivity index (χ4v) is 4.90. The quantitative estimate of drug-likeness (QED) is 0.229. The van der Waals surface area contributed by atoms with Crippen LogP contribution in [0.3, 0.4) is 0 Å². The van der Waals surface area contributed by atoms with Gasteiger partial charge in [-0.1, -0.05) is 31.5 Å². The smallest absolute Gasteiger partial charge is 0.303 e. The highest BCUT2D eigenvalue weighted by atomic mass is 32.1. The molecule has 1 aliphatic heterocycles. The Morgan fingerprint density at radius 1 is 1.00 bits per heavy atom. The summed E-state index contributed by atoms with van der Waals surface area (Å²) in [7, 11) is 0. The van der Waals surface area contributed by atoms with Gasteiger partial charge < -0.3 is 33.6 Å².